The lowest BCUT2D eigenvalue weighted by Gasteiger charge is -2.15. The van der Waals surface area contributed by atoms with Gasteiger partial charge in [-0.1, -0.05) is 36.8 Å². The number of benzene rings is 1. The average molecular weight is 325 g/mol. The number of hydrogen-bond donors (Lipinski definition) is 0. The highest BCUT2D eigenvalue weighted by Crippen LogP contribution is 2.32. The molecule has 1 atom stereocenters. The summed E-state index contributed by atoms with van der Waals surface area (Å²) in [6, 6.07) is 12.8. The highest BCUT2D eigenvalue weighted by atomic mass is 32.1. The molecule has 4 rings (SSSR count). The first-order valence-corrected chi connectivity index (χ1v) is 9.59. The Morgan fingerprint density at radius 2 is 1.91 bits per heavy atom. The molecule has 1 aromatic carbocycles. The number of hydrogen-bond acceptors (Lipinski definition) is 2. The number of amides is 1. The van der Waals surface area contributed by atoms with Gasteiger partial charge < -0.3 is 4.90 Å². The maximum Gasteiger partial charge on any atom is 0.263 e. The first-order chi connectivity index (χ1) is 11.3. The first kappa shape index (κ1) is 14.9. The molecular formula is C20H23NOS. The topological polar surface area (TPSA) is 20.3 Å². The molecule has 1 fully saturated rings. The second kappa shape index (κ2) is 6.48. The van der Waals surface area contributed by atoms with Crippen LogP contribution in [0.3, 0.4) is 0 Å². The van der Waals surface area contributed by atoms with Crippen molar-refractivity contribution in [1.29, 1.82) is 0 Å². The van der Waals surface area contributed by atoms with Crippen LogP contribution in [-0.4, -0.2) is 23.9 Å². The molecule has 120 valence electrons. The van der Waals surface area contributed by atoms with E-state index in [0.717, 1.165) is 30.8 Å². The zero-order chi connectivity index (χ0) is 15.6. The molecule has 3 heteroatoms. The SMILES string of the molecule is O=C(c1cc2c(s1)CCCCC2)N1CCC(c2ccccc2)C1. The van der Waals surface area contributed by atoms with Gasteiger partial charge in [-0.2, -0.15) is 0 Å². The lowest BCUT2D eigenvalue weighted by atomic mass is 9.99. The second-order valence-corrected chi connectivity index (χ2v) is 7.90. The zero-order valence-electron chi connectivity index (χ0n) is 13.5. The van der Waals surface area contributed by atoms with Crippen LogP contribution in [0.1, 0.15) is 57.3 Å². The fraction of sp³-hybridized carbons (Fsp3) is 0.450. The van der Waals surface area contributed by atoms with Gasteiger partial charge in [0.05, 0.1) is 4.88 Å². The fourth-order valence-electron chi connectivity index (χ4n) is 3.87. The minimum absolute atomic E-state index is 0.251. The third-order valence-corrected chi connectivity index (χ3v) is 6.43. The summed E-state index contributed by atoms with van der Waals surface area (Å²) in [5.41, 5.74) is 2.81. The molecule has 1 unspecified atom stereocenters. The Balaban J connectivity index is 1.48. The second-order valence-electron chi connectivity index (χ2n) is 6.77. The van der Waals surface area contributed by atoms with Crippen molar-refractivity contribution in [1.82, 2.24) is 4.90 Å². The number of likely N-dealkylation sites (tertiary alicyclic amines) is 1. The van der Waals surface area contributed by atoms with Crippen molar-refractivity contribution >= 4 is 17.2 Å². The van der Waals surface area contributed by atoms with Crippen LogP contribution in [0.25, 0.3) is 0 Å². The molecular weight excluding hydrogens is 302 g/mol. The Morgan fingerprint density at radius 3 is 2.78 bits per heavy atom. The minimum atomic E-state index is 0.251. The van der Waals surface area contributed by atoms with E-state index in [2.05, 4.69) is 41.3 Å². The molecule has 1 aliphatic heterocycles. The normalized spacial score (nSPS) is 21.0. The molecule has 2 heterocycles. The average Bonchev–Trinajstić information content (AvgIpc) is 3.18. The molecule has 0 spiro atoms. The third-order valence-electron chi connectivity index (χ3n) is 5.20. The molecule has 1 saturated heterocycles. The summed E-state index contributed by atoms with van der Waals surface area (Å²) in [6.07, 6.45) is 7.29. The van der Waals surface area contributed by atoms with E-state index in [0.29, 0.717) is 5.92 Å². The molecule has 1 aliphatic carbocycles. The van der Waals surface area contributed by atoms with Crippen molar-refractivity contribution in [2.75, 3.05) is 13.1 Å². The van der Waals surface area contributed by atoms with Crippen molar-refractivity contribution in [3.63, 3.8) is 0 Å². The van der Waals surface area contributed by atoms with Crippen LogP contribution in [0.2, 0.25) is 0 Å². The molecule has 0 N–H and O–H groups in total. The van der Waals surface area contributed by atoms with Crippen LogP contribution in [-0.2, 0) is 12.8 Å². The summed E-state index contributed by atoms with van der Waals surface area (Å²) < 4.78 is 0. The molecule has 1 aromatic heterocycles. The summed E-state index contributed by atoms with van der Waals surface area (Å²) >= 11 is 1.75. The Bertz CT molecular complexity index is 667. The first-order valence-electron chi connectivity index (χ1n) is 8.77. The number of rotatable bonds is 2. The van der Waals surface area contributed by atoms with Gasteiger partial charge >= 0.3 is 0 Å². The lowest BCUT2D eigenvalue weighted by Crippen LogP contribution is -2.27. The number of nitrogens with zero attached hydrogens (tertiary/aromatic N) is 1. The van der Waals surface area contributed by atoms with Gasteiger partial charge in [0.1, 0.15) is 0 Å². The molecule has 2 aliphatic rings. The molecule has 23 heavy (non-hydrogen) atoms. The summed E-state index contributed by atoms with van der Waals surface area (Å²) in [5.74, 6) is 0.749. The third kappa shape index (κ3) is 3.07. The summed E-state index contributed by atoms with van der Waals surface area (Å²) in [7, 11) is 0. The Hall–Kier alpha value is -1.61. The highest BCUT2D eigenvalue weighted by molar-refractivity contribution is 7.14. The van der Waals surface area contributed by atoms with Gasteiger partial charge in [-0.3, -0.25) is 4.79 Å². The van der Waals surface area contributed by atoms with Crippen LogP contribution in [0.15, 0.2) is 36.4 Å². The van der Waals surface area contributed by atoms with Gasteiger partial charge in [0.2, 0.25) is 0 Å². The number of fused-ring (bicyclic) bond motifs is 1. The summed E-state index contributed by atoms with van der Waals surface area (Å²) in [6.45, 7) is 1.76. The van der Waals surface area contributed by atoms with E-state index >= 15 is 0 Å². The predicted molar refractivity (Wildman–Crippen MR) is 95.3 cm³/mol. The Kier molecular flexibility index (Phi) is 4.21. The quantitative estimate of drug-likeness (QED) is 0.736. The van der Waals surface area contributed by atoms with Crippen molar-refractivity contribution in [3.05, 3.63) is 57.3 Å². The van der Waals surface area contributed by atoms with Gasteiger partial charge in [-0.05, 0) is 49.3 Å². The molecule has 0 saturated carbocycles. The van der Waals surface area contributed by atoms with E-state index in [4.69, 9.17) is 0 Å². The Labute approximate surface area is 142 Å². The van der Waals surface area contributed by atoms with Crippen LogP contribution in [0.4, 0.5) is 0 Å². The van der Waals surface area contributed by atoms with Crippen molar-refractivity contribution < 1.29 is 4.79 Å². The summed E-state index contributed by atoms with van der Waals surface area (Å²) in [4.78, 5) is 17.3. The van der Waals surface area contributed by atoms with E-state index in [-0.39, 0.29) is 5.91 Å². The number of thiophene rings is 1. The van der Waals surface area contributed by atoms with Crippen LogP contribution in [0.5, 0.6) is 0 Å². The van der Waals surface area contributed by atoms with Crippen LogP contribution >= 0.6 is 11.3 Å². The van der Waals surface area contributed by atoms with Crippen molar-refractivity contribution in [3.8, 4) is 0 Å². The molecule has 0 bridgehead atoms. The van der Waals surface area contributed by atoms with Gasteiger partial charge in [-0.15, -0.1) is 11.3 Å². The summed E-state index contributed by atoms with van der Waals surface area (Å²) in [5, 5.41) is 0. The largest absolute Gasteiger partial charge is 0.337 e. The van der Waals surface area contributed by atoms with Crippen LogP contribution < -0.4 is 0 Å². The van der Waals surface area contributed by atoms with E-state index in [9.17, 15) is 4.79 Å². The van der Waals surface area contributed by atoms with E-state index in [1.165, 1.54) is 41.7 Å². The number of aryl methyl sites for hydroxylation is 2. The van der Waals surface area contributed by atoms with Gasteiger partial charge in [-0.25, -0.2) is 0 Å². The lowest BCUT2D eigenvalue weighted by molar-refractivity contribution is 0.0795. The van der Waals surface area contributed by atoms with E-state index < -0.39 is 0 Å². The number of carbonyl (C=O) groups is 1. The van der Waals surface area contributed by atoms with Crippen molar-refractivity contribution in [2.45, 2.75) is 44.4 Å². The van der Waals surface area contributed by atoms with E-state index in [1.54, 1.807) is 11.3 Å². The molecule has 2 nitrogen and oxygen atoms in total. The molecule has 0 radical (unpaired) electrons. The number of carbonyl (C=O) groups excluding carboxylic acids is 1. The smallest absolute Gasteiger partial charge is 0.263 e. The maximum absolute atomic E-state index is 12.9. The highest BCUT2D eigenvalue weighted by Gasteiger charge is 2.29. The minimum Gasteiger partial charge on any atom is -0.337 e. The predicted octanol–water partition coefficient (Wildman–Crippen LogP) is 4.65. The Morgan fingerprint density at radius 1 is 1.09 bits per heavy atom. The standard InChI is InChI=1S/C20H23NOS/c22-20(19-13-16-9-5-2-6-10-18(16)23-19)21-12-11-17(14-21)15-7-3-1-4-8-15/h1,3-4,7-8,13,17H,2,5-6,9-12,14H2. The monoisotopic (exact) mass is 325 g/mol. The molecule has 2 aromatic rings. The maximum atomic E-state index is 12.9. The van der Waals surface area contributed by atoms with Crippen molar-refractivity contribution in [2.24, 2.45) is 0 Å². The van der Waals surface area contributed by atoms with Gasteiger partial charge in [0.15, 0.2) is 0 Å². The zero-order valence-corrected chi connectivity index (χ0v) is 14.3. The van der Waals surface area contributed by atoms with Crippen LogP contribution in [0, 0.1) is 0 Å². The van der Waals surface area contributed by atoms with Gasteiger partial charge in [0, 0.05) is 23.9 Å². The van der Waals surface area contributed by atoms with E-state index in [1.807, 2.05) is 0 Å². The fourth-order valence-corrected chi connectivity index (χ4v) is 5.09. The molecule has 1 amide bonds. The van der Waals surface area contributed by atoms with Gasteiger partial charge in [0.25, 0.3) is 5.91 Å².